The zero-order chi connectivity index (χ0) is 10.4. The summed E-state index contributed by atoms with van der Waals surface area (Å²) in [5, 5.41) is 3.79. The summed E-state index contributed by atoms with van der Waals surface area (Å²) >= 11 is 2.01. The van der Waals surface area contributed by atoms with E-state index >= 15 is 0 Å². The molecule has 3 heteroatoms. The minimum absolute atomic E-state index is 0.0552. The minimum atomic E-state index is 0.0552. The van der Waals surface area contributed by atoms with Crippen molar-refractivity contribution in [3.63, 3.8) is 0 Å². The van der Waals surface area contributed by atoms with Crippen LogP contribution in [0, 0.1) is 0 Å². The van der Waals surface area contributed by atoms with Gasteiger partial charge in [0.15, 0.2) is 0 Å². The number of thioether (sulfide) groups is 1. The predicted octanol–water partition coefficient (Wildman–Crippen LogP) is 2.35. The molecule has 2 nitrogen and oxygen atoms in total. The van der Waals surface area contributed by atoms with Crippen LogP contribution in [0.5, 0.6) is 0 Å². The first-order valence-corrected chi connectivity index (χ1v) is 6.36. The van der Waals surface area contributed by atoms with Gasteiger partial charge < -0.3 is 5.32 Å². The van der Waals surface area contributed by atoms with Crippen LogP contribution in [0.2, 0.25) is 0 Å². The molecule has 0 aromatic rings. The normalized spacial score (nSPS) is 27.0. The molecule has 1 aliphatic rings. The average molecular weight is 213 g/mol. The highest BCUT2D eigenvalue weighted by molar-refractivity contribution is 7.99. The van der Waals surface area contributed by atoms with Crippen molar-refractivity contribution in [2.75, 3.05) is 5.75 Å². The molecule has 0 spiro atoms. The van der Waals surface area contributed by atoms with Crippen LogP contribution in [-0.2, 0) is 4.79 Å². The molecule has 0 aliphatic heterocycles. The van der Waals surface area contributed by atoms with E-state index in [-0.39, 0.29) is 5.91 Å². The fourth-order valence-corrected chi connectivity index (χ4v) is 3.00. The number of nitrogens with one attached hydrogen (secondary N) is 1. The molecule has 1 aliphatic carbocycles. The number of carbonyl (C=O) groups is 1. The van der Waals surface area contributed by atoms with E-state index in [2.05, 4.69) is 12.2 Å². The van der Waals surface area contributed by atoms with E-state index in [0.29, 0.717) is 6.04 Å². The van der Waals surface area contributed by atoms with Gasteiger partial charge in [0, 0.05) is 11.3 Å². The number of rotatable bonds is 4. The molecule has 1 N–H and O–H groups in total. The summed E-state index contributed by atoms with van der Waals surface area (Å²) in [7, 11) is 0. The molecule has 0 aromatic carbocycles. The van der Waals surface area contributed by atoms with Gasteiger partial charge in [-0.25, -0.2) is 0 Å². The summed E-state index contributed by atoms with van der Waals surface area (Å²) in [5.74, 6) is 1.24. The highest BCUT2D eigenvalue weighted by Crippen LogP contribution is 2.29. The summed E-state index contributed by atoms with van der Waals surface area (Å²) in [5.41, 5.74) is 0. The van der Waals surface area contributed by atoms with Gasteiger partial charge in [0.2, 0.25) is 5.91 Å². The molecule has 1 amide bonds. The van der Waals surface area contributed by atoms with Crippen molar-refractivity contribution in [3.05, 3.63) is 12.2 Å². The Morgan fingerprint density at radius 3 is 3.00 bits per heavy atom. The third-order valence-electron chi connectivity index (χ3n) is 2.45. The lowest BCUT2D eigenvalue weighted by Gasteiger charge is -2.11. The van der Waals surface area contributed by atoms with Crippen molar-refractivity contribution in [2.24, 2.45) is 0 Å². The van der Waals surface area contributed by atoms with Crippen LogP contribution in [0.15, 0.2) is 12.2 Å². The zero-order valence-corrected chi connectivity index (χ0v) is 9.77. The van der Waals surface area contributed by atoms with Crippen molar-refractivity contribution >= 4 is 17.7 Å². The Labute approximate surface area is 90.5 Å². The molecule has 0 heterocycles. The Balaban J connectivity index is 2.25. The molecule has 0 radical (unpaired) electrons. The SMILES string of the molecule is C/C=C/C(=O)NC1CCC(SCC)C1. The number of hydrogen-bond acceptors (Lipinski definition) is 2. The van der Waals surface area contributed by atoms with Crippen molar-refractivity contribution < 1.29 is 4.79 Å². The van der Waals surface area contributed by atoms with Crippen LogP contribution in [0.1, 0.15) is 33.1 Å². The van der Waals surface area contributed by atoms with Gasteiger partial charge in [-0.2, -0.15) is 11.8 Å². The minimum Gasteiger partial charge on any atom is -0.350 e. The van der Waals surface area contributed by atoms with Gasteiger partial charge in [-0.05, 0) is 38.0 Å². The highest BCUT2D eigenvalue weighted by Gasteiger charge is 2.24. The van der Waals surface area contributed by atoms with E-state index in [1.54, 1.807) is 12.2 Å². The quantitative estimate of drug-likeness (QED) is 0.726. The molecule has 1 fully saturated rings. The second kappa shape index (κ2) is 6.12. The van der Waals surface area contributed by atoms with Crippen molar-refractivity contribution in [1.29, 1.82) is 0 Å². The second-order valence-corrected chi connectivity index (χ2v) is 5.17. The zero-order valence-electron chi connectivity index (χ0n) is 8.95. The Morgan fingerprint density at radius 1 is 1.57 bits per heavy atom. The lowest BCUT2D eigenvalue weighted by Crippen LogP contribution is -2.31. The van der Waals surface area contributed by atoms with Gasteiger partial charge >= 0.3 is 0 Å². The van der Waals surface area contributed by atoms with Gasteiger partial charge in [-0.1, -0.05) is 13.0 Å². The molecule has 0 saturated heterocycles. The van der Waals surface area contributed by atoms with Crippen molar-refractivity contribution in [3.8, 4) is 0 Å². The van der Waals surface area contributed by atoms with Crippen molar-refractivity contribution in [2.45, 2.75) is 44.4 Å². The summed E-state index contributed by atoms with van der Waals surface area (Å²) in [6.45, 7) is 4.06. The lowest BCUT2D eigenvalue weighted by atomic mass is 10.2. The predicted molar refractivity (Wildman–Crippen MR) is 62.5 cm³/mol. The summed E-state index contributed by atoms with van der Waals surface area (Å²) < 4.78 is 0. The van der Waals surface area contributed by atoms with Crippen LogP contribution in [0.3, 0.4) is 0 Å². The van der Waals surface area contributed by atoms with E-state index in [4.69, 9.17) is 0 Å². The lowest BCUT2D eigenvalue weighted by molar-refractivity contribution is -0.117. The summed E-state index contributed by atoms with van der Waals surface area (Å²) in [4.78, 5) is 11.3. The first-order chi connectivity index (χ1) is 6.76. The Bertz CT molecular complexity index is 215. The fraction of sp³-hybridized carbons (Fsp3) is 0.727. The Morgan fingerprint density at radius 2 is 2.36 bits per heavy atom. The molecule has 14 heavy (non-hydrogen) atoms. The molecule has 1 rings (SSSR count). The van der Waals surface area contributed by atoms with Crippen LogP contribution in [-0.4, -0.2) is 23.0 Å². The molecule has 80 valence electrons. The first-order valence-electron chi connectivity index (χ1n) is 5.31. The molecular weight excluding hydrogens is 194 g/mol. The highest BCUT2D eigenvalue weighted by atomic mass is 32.2. The maximum atomic E-state index is 11.3. The third-order valence-corrected chi connectivity index (χ3v) is 3.68. The fourth-order valence-electron chi connectivity index (χ4n) is 1.86. The number of allylic oxidation sites excluding steroid dienone is 1. The Kier molecular flexibility index (Phi) is 5.09. The molecule has 0 aromatic heterocycles. The number of carbonyl (C=O) groups excluding carboxylic acids is 1. The number of hydrogen-bond donors (Lipinski definition) is 1. The van der Waals surface area contributed by atoms with Crippen LogP contribution in [0.25, 0.3) is 0 Å². The smallest absolute Gasteiger partial charge is 0.243 e. The molecule has 1 saturated carbocycles. The largest absolute Gasteiger partial charge is 0.350 e. The van der Waals surface area contributed by atoms with Gasteiger partial charge in [0.05, 0.1) is 0 Å². The maximum absolute atomic E-state index is 11.3. The van der Waals surface area contributed by atoms with Gasteiger partial charge in [0.1, 0.15) is 0 Å². The summed E-state index contributed by atoms with van der Waals surface area (Å²) in [6.07, 6.45) is 6.91. The third kappa shape index (κ3) is 3.74. The molecule has 2 atom stereocenters. The second-order valence-electron chi connectivity index (χ2n) is 3.60. The van der Waals surface area contributed by atoms with Gasteiger partial charge in [0.25, 0.3) is 0 Å². The average Bonchev–Trinajstić information content (AvgIpc) is 2.53. The van der Waals surface area contributed by atoms with E-state index in [0.717, 1.165) is 18.1 Å². The monoisotopic (exact) mass is 213 g/mol. The van der Waals surface area contributed by atoms with E-state index in [1.807, 2.05) is 18.7 Å². The van der Waals surface area contributed by atoms with Gasteiger partial charge in [-0.3, -0.25) is 4.79 Å². The summed E-state index contributed by atoms with van der Waals surface area (Å²) in [6, 6.07) is 0.405. The van der Waals surface area contributed by atoms with E-state index in [1.165, 1.54) is 12.2 Å². The Hall–Kier alpha value is -0.440. The first kappa shape index (κ1) is 11.6. The maximum Gasteiger partial charge on any atom is 0.243 e. The van der Waals surface area contributed by atoms with Crippen LogP contribution >= 0.6 is 11.8 Å². The topological polar surface area (TPSA) is 29.1 Å². The van der Waals surface area contributed by atoms with Crippen molar-refractivity contribution in [1.82, 2.24) is 5.32 Å². The van der Waals surface area contributed by atoms with Crippen LogP contribution in [0.4, 0.5) is 0 Å². The van der Waals surface area contributed by atoms with E-state index < -0.39 is 0 Å². The molecule has 0 bridgehead atoms. The molecule has 2 unspecified atom stereocenters. The van der Waals surface area contributed by atoms with Crippen LogP contribution < -0.4 is 5.32 Å². The van der Waals surface area contributed by atoms with Gasteiger partial charge in [-0.15, -0.1) is 0 Å². The number of amides is 1. The molecular formula is C11H19NOS. The van der Waals surface area contributed by atoms with E-state index in [9.17, 15) is 4.79 Å². The standard InChI is InChI=1S/C11H19NOS/c1-3-5-11(13)12-9-6-7-10(8-9)14-4-2/h3,5,9-10H,4,6-8H2,1-2H3,(H,12,13)/b5-3+.